The van der Waals surface area contributed by atoms with Crippen LogP contribution in [-0.4, -0.2) is 18.5 Å². The predicted molar refractivity (Wildman–Crippen MR) is 127 cm³/mol. The summed E-state index contributed by atoms with van der Waals surface area (Å²) < 4.78 is 14.2. The summed E-state index contributed by atoms with van der Waals surface area (Å²) in [7, 11) is 0. The molecule has 26 heavy (non-hydrogen) atoms. The third kappa shape index (κ3) is 4.77. The van der Waals surface area contributed by atoms with Crippen LogP contribution in [0.1, 0.15) is 24.5 Å². The topological polar surface area (TPSA) is 47.9 Å². The lowest BCUT2D eigenvalue weighted by molar-refractivity contribution is -0.129. The number of carbonyl (C=O) groups is 1. The monoisotopic (exact) mass is 685 g/mol. The van der Waals surface area contributed by atoms with Gasteiger partial charge < -0.3 is 9.47 Å². The van der Waals surface area contributed by atoms with E-state index in [0.717, 1.165) is 34.0 Å². The highest BCUT2D eigenvalue weighted by molar-refractivity contribution is 14.1. The molecule has 0 saturated heterocycles. The molecule has 0 aromatic heterocycles. The third-order valence-electron chi connectivity index (χ3n) is 3.49. The Morgan fingerprint density at radius 2 is 1.77 bits per heavy atom. The van der Waals surface area contributed by atoms with Gasteiger partial charge in [-0.2, -0.15) is 0 Å². The second-order valence-electron chi connectivity index (χ2n) is 5.51. The van der Waals surface area contributed by atoms with Crippen molar-refractivity contribution in [1.29, 1.82) is 0 Å². The molecule has 0 amide bonds. The largest absolute Gasteiger partial charge is 0.491 e. The number of rotatable bonds is 5. The van der Waals surface area contributed by atoms with Crippen LogP contribution in [0.15, 0.2) is 47.1 Å². The normalized spacial score (nSPS) is 15.2. The van der Waals surface area contributed by atoms with E-state index in [9.17, 15) is 4.79 Å². The quantitative estimate of drug-likeness (QED) is 0.233. The number of benzene rings is 2. The maximum absolute atomic E-state index is 12.2. The van der Waals surface area contributed by atoms with Gasteiger partial charge in [0, 0.05) is 9.13 Å². The first-order valence-electron chi connectivity index (χ1n) is 7.88. The van der Waals surface area contributed by atoms with Crippen molar-refractivity contribution >= 4 is 85.7 Å². The molecule has 1 aliphatic rings. The summed E-state index contributed by atoms with van der Waals surface area (Å²) in [6, 6.07) is 11.6. The zero-order chi connectivity index (χ0) is 18.7. The zero-order valence-corrected chi connectivity index (χ0v) is 20.2. The molecule has 1 heterocycles. The Morgan fingerprint density at radius 3 is 2.38 bits per heavy atom. The Balaban J connectivity index is 1.89. The van der Waals surface area contributed by atoms with Gasteiger partial charge in [0.1, 0.15) is 5.75 Å². The molecule has 0 radical (unpaired) electrons. The van der Waals surface area contributed by atoms with Crippen LogP contribution in [0.4, 0.5) is 0 Å². The van der Waals surface area contributed by atoms with Crippen molar-refractivity contribution in [3.63, 3.8) is 0 Å². The van der Waals surface area contributed by atoms with E-state index in [1.165, 1.54) is 0 Å². The molecule has 7 heteroatoms. The van der Waals surface area contributed by atoms with Gasteiger partial charge in [0.15, 0.2) is 5.70 Å². The molecule has 0 saturated carbocycles. The van der Waals surface area contributed by atoms with Crippen molar-refractivity contribution in [1.82, 2.24) is 0 Å². The summed E-state index contributed by atoms with van der Waals surface area (Å²) in [6.07, 6.45) is 2.70. The van der Waals surface area contributed by atoms with E-state index in [1.807, 2.05) is 36.4 Å². The van der Waals surface area contributed by atoms with Crippen LogP contribution in [0.2, 0.25) is 0 Å². The number of hydrogen-bond acceptors (Lipinski definition) is 4. The predicted octanol–water partition coefficient (Wildman–Crippen LogP) is 5.63. The molecule has 0 unspecified atom stereocenters. The summed E-state index contributed by atoms with van der Waals surface area (Å²) >= 11 is 6.72. The molecule has 4 nitrogen and oxygen atoms in total. The third-order valence-corrected chi connectivity index (χ3v) is 5.81. The zero-order valence-electron chi connectivity index (χ0n) is 13.8. The van der Waals surface area contributed by atoms with Crippen LogP contribution < -0.4 is 4.74 Å². The van der Waals surface area contributed by atoms with Crippen LogP contribution in [0.3, 0.4) is 0 Å². The average molecular weight is 685 g/mol. The molecule has 0 bridgehead atoms. The fourth-order valence-electron chi connectivity index (χ4n) is 2.29. The van der Waals surface area contributed by atoms with Gasteiger partial charge in [0.25, 0.3) is 0 Å². The Bertz CT molecular complexity index is 882. The van der Waals surface area contributed by atoms with Gasteiger partial charge in [-0.25, -0.2) is 9.79 Å². The fourth-order valence-corrected chi connectivity index (χ4v) is 4.78. The summed E-state index contributed by atoms with van der Waals surface area (Å²) in [5, 5.41) is 0. The van der Waals surface area contributed by atoms with E-state index >= 15 is 0 Å². The molecule has 0 aliphatic carbocycles. The number of carbonyl (C=O) groups excluding carboxylic acids is 1. The molecule has 3 rings (SSSR count). The number of nitrogens with zero attached hydrogens (tertiary/aromatic N) is 1. The van der Waals surface area contributed by atoms with Gasteiger partial charge >= 0.3 is 5.97 Å². The number of cyclic esters (lactones) is 1. The second kappa shape index (κ2) is 9.00. The minimum atomic E-state index is -0.435. The van der Waals surface area contributed by atoms with Crippen molar-refractivity contribution in [3.8, 4) is 5.75 Å². The molecule has 0 atom stereocenters. The van der Waals surface area contributed by atoms with Gasteiger partial charge in [-0.05, 0) is 122 Å². The van der Waals surface area contributed by atoms with Crippen molar-refractivity contribution in [3.05, 3.63) is 63.9 Å². The highest BCUT2D eigenvalue weighted by atomic mass is 127. The number of esters is 1. The number of halogens is 3. The van der Waals surface area contributed by atoms with Crippen LogP contribution in [0.5, 0.6) is 5.75 Å². The van der Waals surface area contributed by atoms with E-state index < -0.39 is 5.97 Å². The highest BCUT2D eigenvalue weighted by Gasteiger charge is 2.24. The van der Waals surface area contributed by atoms with Gasteiger partial charge in [0.05, 0.1) is 13.7 Å². The van der Waals surface area contributed by atoms with Crippen molar-refractivity contribution in [2.24, 2.45) is 4.99 Å². The molecule has 0 fully saturated rings. The lowest BCUT2D eigenvalue weighted by Gasteiger charge is -2.10. The molecule has 1 aliphatic heterocycles. The van der Waals surface area contributed by atoms with E-state index in [0.29, 0.717) is 18.2 Å². The first kappa shape index (κ1) is 20.1. The van der Waals surface area contributed by atoms with Crippen LogP contribution >= 0.6 is 67.8 Å². The standard InChI is InChI=1S/C19H14I3NO3/c1-2-7-25-17-14(21)8-11(9-15(17)22)10-16-19(24)26-18(23-16)12-3-5-13(20)6-4-12/h3-6,8-10H,2,7H2,1H3/b16-10-. The molecule has 0 N–H and O–H groups in total. The van der Waals surface area contributed by atoms with E-state index in [2.05, 4.69) is 79.7 Å². The number of aliphatic imine (C=N–C) groups is 1. The van der Waals surface area contributed by atoms with Crippen LogP contribution in [0.25, 0.3) is 6.08 Å². The minimum absolute atomic E-state index is 0.298. The maximum atomic E-state index is 12.2. The first-order chi connectivity index (χ1) is 12.5. The number of ether oxygens (including phenoxy) is 2. The van der Waals surface area contributed by atoms with Crippen molar-refractivity contribution in [2.75, 3.05) is 6.61 Å². The minimum Gasteiger partial charge on any atom is -0.491 e. The fraction of sp³-hybridized carbons (Fsp3) is 0.158. The lowest BCUT2D eigenvalue weighted by atomic mass is 10.2. The highest BCUT2D eigenvalue weighted by Crippen LogP contribution is 2.30. The van der Waals surface area contributed by atoms with Gasteiger partial charge in [0.2, 0.25) is 5.90 Å². The van der Waals surface area contributed by atoms with Gasteiger partial charge in [-0.1, -0.05) is 6.92 Å². The van der Waals surface area contributed by atoms with E-state index in [4.69, 9.17) is 9.47 Å². The summed E-state index contributed by atoms with van der Waals surface area (Å²) in [6.45, 7) is 2.76. The SMILES string of the molecule is CCCOc1c(I)cc(/C=C2\N=C(c3ccc(I)cc3)OC2=O)cc1I. The molecule has 2 aromatic carbocycles. The van der Waals surface area contributed by atoms with Gasteiger partial charge in [-0.3, -0.25) is 0 Å². The lowest BCUT2D eigenvalue weighted by Crippen LogP contribution is -2.05. The average Bonchev–Trinajstić information content (AvgIpc) is 2.95. The van der Waals surface area contributed by atoms with Gasteiger partial charge in [-0.15, -0.1) is 0 Å². The molecular weight excluding hydrogens is 671 g/mol. The Labute approximate surface area is 192 Å². The number of hydrogen-bond donors (Lipinski definition) is 0. The summed E-state index contributed by atoms with van der Waals surface area (Å²) in [5.41, 5.74) is 1.98. The summed E-state index contributed by atoms with van der Waals surface area (Å²) in [4.78, 5) is 16.5. The maximum Gasteiger partial charge on any atom is 0.363 e. The Kier molecular flexibility index (Phi) is 6.94. The smallest absolute Gasteiger partial charge is 0.363 e. The molecule has 2 aromatic rings. The Morgan fingerprint density at radius 1 is 1.12 bits per heavy atom. The summed E-state index contributed by atoms with van der Waals surface area (Å²) in [5.74, 6) is 0.784. The Hall–Kier alpha value is -0.690. The molecule has 0 spiro atoms. The molecular formula is C19H14I3NO3. The molecule has 134 valence electrons. The van der Waals surface area contributed by atoms with Crippen molar-refractivity contribution in [2.45, 2.75) is 13.3 Å². The second-order valence-corrected chi connectivity index (χ2v) is 9.08. The van der Waals surface area contributed by atoms with E-state index in [-0.39, 0.29) is 0 Å². The van der Waals surface area contributed by atoms with Crippen LogP contribution in [-0.2, 0) is 9.53 Å². The van der Waals surface area contributed by atoms with Crippen molar-refractivity contribution < 1.29 is 14.3 Å². The first-order valence-corrected chi connectivity index (χ1v) is 11.1. The van der Waals surface area contributed by atoms with E-state index in [1.54, 1.807) is 6.08 Å². The van der Waals surface area contributed by atoms with Crippen LogP contribution in [0, 0.1) is 10.7 Å².